The van der Waals surface area contributed by atoms with E-state index in [0.29, 0.717) is 16.2 Å². The van der Waals surface area contributed by atoms with Crippen LogP contribution in [0.5, 0.6) is 5.75 Å². The Morgan fingerprint density at radius 3 is 2.81 bits per heavy atom. The molecule has 3 rings (SSSR count). The number of pyridine rings is 1. The fourth-order valence-electron chi connectivity index (χ4n) is 2.40. The number of carbonyl (C=O) groups is 1. The quantitative estimate of drug-likeness (QED) is 0.656. The third-order valence-corrected chi connectivity index (χ3v) is 4.28. The number of benzene rings is 1. The van der Waals surface area contributed by atoms with Crippen LogP contribution >= 0.6 is 15.9 Å². The van der Waals surface area contributed by atoms with E-state index in [1.165, 1.54) is 6.07 Å². The molecular weight excluding hydrogens is 400 g/mol. The van der Waals surface area contributed by atoms with Crippen molar-refractivity contribution >= 4 is 21.8 Å². The molecule has 0 radical (unpaired) electrons. The molecule has 1 aromatic carbocycles. The van der Waals surface area contributed by atoms with Crippen LogP contribution in [0.3, 0.4) is 0 Å². The van der Waals surface area contributed by atoms with Gasteiger partial charge in [0.15, 0.2) is 0 Å². The zero-order valence-electron chi connectivity index (χ0n) is 14.2. The first-order valence-electron chi connectivity index (χ1n) is 7.99. The predicted molar refractivity (Wildman–Crippen MR) is 98.4 cm³/mol. The van der Waals surface area contributed by atoms with Gasteiger partial charge in [-0.25, -0.2) is 0 Å². The van der Waals surface area contributed by atoms with Gasteiger partial charge in [0, 0.05) is 22.4 Å². The lowest BCUT2D eigenvalue weighted by Crippen LogP contribution is -2.32. The van der Waals surface area contributed by atoms with Crippen molar-refractivity contribution in [3.63, 3.8) is 0 Å². The number of aromatic hydroxyl groups is 1. The second-order valence-electron chi connectivity index (χ2n) is 6.05. The molecule has 8 heteroatoms. The van der Waals surface area contributed by atoms with Gasteiger partial charge in [-0.2, -0.15) is 4.98 Å². The number of halogens is 1. The van der Waals surface area contributed by atoms with Crippen LogP contribution in [0, 0.1) is 5.92 Å². The third kappa shape index (κ3) is 3.91. The van der Waals surface area contributed by atoms with Gasteiger partial charge < -0.3 is 14.9 Å². The second-order valence-corrected chi connectivity index (χ2v) is 6.97. The summed E-state index contributed by atoms with van der Waals surface area (Å²) in [5, 5.41) is 16.8. The molecule has 0 aliphatic heterocycles. The van der Waals surface area contributed by atoms with Crippen molar-refractivity contribution in [3.05, 3.63) is 58.7 Å². The number of phenols is 1. The molecule has 0 spiro atoms. The Hall–Kier alpha value is -2.74. The summed E-state index contributed by atoms with van der Waals surface area (Å²) in [4.78, 5) is 21.0. The minimum atomic E-state index is -0.501. The smallest absolute Gasteiger partial charge is 0.255 e. The lowest BCUT2D eigenvalue weighted by Gasteiger charge is -2.19. The highest BCUT2D eigenvalue weighted by Gasteiger charge is 2.26. The average molecular weight is 417 g/mol. The summed E-state index contributed by atoms with van der Waals surface area (Å²) in [6, 6.07) is 7.77. The van der Waals surface area contributed by atoms with E-state index in [4.69, 9.17) is 4.52 Å². The molecule has 0 aliphatic rings. The maximum absolute atomic E-state index is 12.6. The molecule has 0 saturated heterocycles. The van der Waals surface area contributed by atoms with Crippen LogP contribution in [0.15, 0.2) is 51.7 Å². The lowest BCUT2D eigenvalue weighted by molar-refractivity contribution is 0.0911. The molecule has 2 N–H and O–H groups in total. The highest BCUT2D eigenvalue weighted by molar-refractivity contribution is 9.10. The molecule has 134 valence electrons. The van der Waals surface area contributed by atoms with Crippen molar-refractivity contribution in [1.29, 1.82) is 0 Å². The highest BCUT2D eigenvalue weighted by atomic mass is 79.9. The van der Waals surface area contributed by atoms with Crippen molar-refractivity contribution in [2.45, 2.75) is 19.9 Å². The Morgan fingerprint density at radius 1 is 1.31 bits per heavy atom. The van der Waals surface area contributed by atoms with Crippen LogP contribution in [0.1, 0.15) is 36.1 Å². The predicted octanol–water partition coefficient (Wildman–Crippen LogP) is 3.73. The second kappa shape index (κ2) is 7.65. The first-order valence-corrected chi connectivity index (χ1v) is 8.78. The molecule has 26 heavy (non-hydrogen) atoms. The average Bonchev–Trinajstić information content (AvgIpc) is 3.11. The highest BCUT2D eigenvalue weighted by Crippen LogP contribution is 2.26. The van der Waals surface area contributed by atoms with Gasteiger partial charge in [0.25, 0.3) is 5.91 Å². The number of nitrogens with one attached hydrogen (secondary N) is 1. The van der Waals surface area contributed by atoms with Crippen molar-refractivity contribution in [2.24, 2.45) is 5.92 Å². The Labute approximate surface area is 158 Å². The van der Waals surface area contributed by atoms with Crippen LogP contribution < -0.4 is 5.32 Å². The summed E-state index contributed by atoms with van der Waals surface area (Å²) in [7, 11) is 0. The SMILES string of the molecule is CC(C)C(NC(=O)c1cc(Br)ccc1O)c1nc(-c2cccnc2)no1. The number of phenolic OH excluding ortho intramolecular Hbond substituents is 1. The number of rotatable bonds is 5. The van der Waals surface area contributed by atoms with E-state index in [-0.39, 0.29) is 17.2 Å². The summed E-state index contributed by atoms with van der Waals surface area (Å²) in [5.74, 6) is 0.161. The van der Waals surface area contributed by atoms with E-state index in [0.717, 1.165) is 5.56 Å². The first-order chi connectivity index (χ1) is 12.5. The standard InChI is InChI=1S/C18H17BrN4O3/c1-10(2)15(21-17(25)13-8-12(19)5-6-14(13)24)18-22-16(23-26-18)11-4-3-7-20-9-11/h3-10,15,24H,1-2H3,(H,21,25). The van der Waals surface area contributed by atoms with Crippen LogP contribution in [0.25, 0.3) is 11.4 Å². The van der Waals surface area contributed by atoms with Crippen molar-refractivity contribution in [2.75, 3.05) is 0 Å². The minimum absolute atomic E-state index is 0.00422. The molecule has 3 aromatic rings. The van der Waals surface area contributed by atoms with Gasteiger partial charge in [-0.05, 0) is 36.2 Å². The number of hydrogen-bond acceptors (Lipinski definition) is 6. The summed E-state index contributed by atoms with van der Waals surface area (Å²) in [5.41, 5.74) is 0.887. The fourth-order valence-corrected chi connectivity index (χ4v) is 2.76. The van der Waals surface area contributed by atoms with Crippen LogP contribution in [-0.4, -0.2) is 26.1 Å². The molecule has 0 aliphatic carbocycles. The fraction of sp³-hybridized carbons (Fsp3) is 0.222. The van der Waals surface area contributed by atoms with Gasteiger partial charge in [0.1, 0.15) is 11.8 Å². The van der Waals surface area contributed by atoms with E-state index in [2.05, 4.69) is 36.4 Å². The monoisotopic (exact) mass is 416 g/mol. The molecule has 2 heterocycles. The minimum Gasteiger partial charge on any atom is -0.507 e. The van der Waals surface area contributed by atoms with Gasteiger partial charge >= 0.3 is 0 Å². The first kappa shape index (κ1) is 18.1. The normalized spacial score (nSPS) is 12.2. The van der Waals surface area contributed by atoms with E-state index >= 15 is 0 Å². The van der Waals surface area contributed by atoms with Crippen molar-refractivity contribution in [3.8, 4) is 17.1 Å². The summed E-state index contributed by atoms with van der Waals surface area (Å²) in [6.07, 6.45) is 3.29. The van der Waals surface area contributed by atoms with Crippen LogP contribution in [0.4, 0.5) is 0 Å². The topological polar surface area (TPSA) is 101 Å². The van der Waals surface area contributed by atoms with Crippen LogP contribution in [0.2, 0.25) is 0 Å². The zero-order valence-corrected chi connectivity index (χ0v) is 15.8. The number of nitrogens with zero attached hydrogens (tertiary/aromatic N) is 3. The van der Waals surface area contributed by atoms with E-state index in [9.17, 15) is 9.90 Å². The van der Waals surface area contributed by atoms with Gasteiger partial charge in [-0.3, -0.25) is 9.78 Å². The van der Waals surface area contributed by atoms with E-state index in [1.54, 1.807) is 30.6 Å². The Morgan fingerprint density at radius 2 is 2.12 bits per heavy atom. The molecule has 7 nitrogen and oxygen atoms in total. The molecule has 0 bridgehead atoms. The van der Waals surface area contributed by atoms with Gasteiger partial charge in [0.05, 0.1) is 5.56 Å². The molecule has 2 aromatic heterocycles. The lowest BCUT2D eigenvalue weighted by atomic mass is 10.0. The Balaban J connectivity index is 1.85. The van der Waals surface area contributed by atoms with Crippen molar-refractivity contribution in [1.82, 2.24) is 20.4 Å². The van der Waals surface area contributed by atoms with Gasteiger partial charge in [0.2, 0.25) is 11.7 Å². The number of aromatic nitrogens is 3. The van der Waals surface area contributed by atoms with E-state index in [1.807, 2.05) is 19.9 Å². The largest absolute Gasteiger partial charge is 0.507 e. The molecular formula is C18H17BrN4O3. The molecule has 1 unspecified atom stereocenters. The maximum atomic E-state index is 12.6. The zero-order chi connectivity index (χ0) is 18.7. The third-order valence-electron chi connectivity index (χ3n) is 3.78. The van der Waals surface area contributed by atoms with Crippen molar-refractivity contribution < 1.29 is 14.4 Å². The summed E-state index contributed by atoms with van der Waals surface area (Å²) < 4.78 is 6.05. The van der Waals surface area contributed by atoms with E-state index < -0.39 is 11.9 Å². The number of hydrogen-bond donors (Lipinski definition) is 2. The summed E-state index contributed by atoms with van der Waals surface area (Å²) in [6.45, 7) is 3.86. The number of amides is 1. The number of carbonyl (C=O) groups excluding carboxylic acids is 1. The molecule has 0 fully saturated rings. The molecule has 1 atom stereocenters. The van der Waals surface area contributed by atoms with Gasteiger partial charge in [-0.15, -0.1) is 0 Å². The Kier molecular flexibility index (Phi) is 5.32. The summed E-state index contributed by atoms with van der Waals surface area (Å²) >= 11 is 3.30. The molecule has 0 saturated carbocycles. The maximum Gasteiger partial charge on any atom is 0.255 e. The van der Waals surface area contributed by atoms with Crippen LogP contribution in [-0.2, 0) is 0 Å². The Bertz CT molecular complexity index is 912. The molecule has 1 amide bonds. The van der Waals surface area contributed by atoms with Gasteiger partial charge in [-0.1, -0.05) is 34.9 Å².